The molecule has 0 atom stereocenters. The molecule has 2 aromatic rings. The first-order valence-corrected chi connectivity index (χ1v) is 6.21. The third-order valence-electron chi connectivity index (χ3n) is 2.45. The number of rotatable bonds is 3. The van der Waals surface area contributed by atoms with Gasteiger partial charge in [0, 0.05) is 17.7 Å². The van der Waals surface area contributed by atoms with Crippen LogP contribution in [0.25, 0.3) is 0 Å². The number of carboxylic acids is 1. The molecule has 8 heteroatoms. The zero-order valence-corrected chi connectivity index (χ0v) is 11.8. The third kappa shape index (κ3) is 2.85. The van der Waals surface area contributed by atoms with Crippen molar-refractivity contribution < 1.29 is 19.1 Å². The van der Waals surface area contributed by atoms with Crippen LogP contribution < -0.4 is 5.32 Å². The number of carboxylic acid groups (broad SMARTS) is 1. The van der Waals surface area contributed by atoms with Gasteiger partial charge >= 0.3 is 5.97 Å². The largest absolute Gasteiger partial charge is 0.478 e. The monoisotopic (exact) mass is 341 g/mol. The summed E-state index contributed by atoms with van der Waals surface area (Å²) in [6.07, 6.45) is 1.20. The molecule has 0 aliphatic rings. The molecule has 0 fully saturated rings. The van der Waals surface area contributed by atoms with Crippen LogP contribution in [-0.2, 0) is 7.05 Å². The van der Waals surface area contributed by atoms with Gasteiger partial charge in [-0.3, -0.25) is 9.48 Å². The molecule has 6 nitrogen and oxygen atoms in total. The lowest BCUT2D eigenvalue weighted by molar-refractivity contribution is 0.0692. The highest BCUT2D eigenvalue weighted by atomic mass is 79.9. The molecule has 104 valence electrons. The summed E-state index contributed by atoms with van der Waals surface area (Å²) in [5, 5.41) is 15.0. The normalized spacial score (nSPS) is 10.3. The van der Waals surface area contributed by atoms with Crippen LogP contribution in [0, 0.1) is 5.82 Å². The highest BCUT2D eigenvalue weighted by molar-refractivity contribution is 9.10. The number of carbonyl (C=O) groups is 2. The highest BCUT2D eigenvalue weighted by Crippen LogP contribution is 2.20. The number of benzene rings is 1. The average Bonchev–Trinajstić information content (AvgIpc) is 2.75. The minimum Gasteiger partial charge on any atom is -0.478 e. The van der Waals surface area contributed by atoms with Crippen LogP contribution in [0.15, 0.2) is 28.9 Å². The molecule has 1 amide bonds. The summed E-state index contributed by atoms with van der Waals surface area (Å²) in [6, 6.07) is 4.10. The number of nitrogens with one attached hydrogen (secondary N) is 1. The number of hydrogen-bond donors (Lipinski definition) is 2. The first-order chi connectivity index (χ1) is 9.38. The van der Waals surface area contributed by atoms with Gasteiger partial charge in [-0.05, 0) is 18.2 Å². The summed E-state index contributed by atoms with van der Waals surface area (Å²) in [7, 11) is 1.49. The second-order valence-electron chi connectivity index (χ2n) is 3.95. The van der Waals surface area contributed by atoms with Crippen molar-refractivity contribution in [2.75, 3.05) is 5.32 Å². The van der Waals surface area contributed by atoms with Crippen molar-refractivity contribution >= 4 is 33.5 Å². The van der Waals surface area contributed by atoms with E-state index in [0.717, 1.165) is 0 Å². The molecule has 2 N–H and O–H groups in total. The van der Waals surface area contributed by atoms with Crippen molar-refractivity contribution in [3.8, 4) is 0 Å². The maximum Gasteiger partial charge on any atom is 0.339 e. The fraction of sp³-hybridized carbons (Fsp3) is 0.0833. The van der Waals surface area contributed by atoms with Crippen LogP contribution in [0.2, 0.25) is 0 Å². The lowest BCUT2D eigenvalue weighted by atomic mass is 10.2. The third-order valence-corrected chi connectivity index (χ3v) is 2.95. The van der Waals surface area contributed by atoms with Crippen molar-refractivity contribution in [3.63, 3.8) is 0 Å². The van der Waals surface area contributed by atoms with Gasteiger partial charge < -0.3 is 10.4 Å². The van der Waals surface area contributed by atoms with Gasteiger partial charge in [-0.1, -0.05) is 15.9 Å². The molecule has 20 heavy (non-hydrogen) atoms. The fourth-order valence-electron chi connectivity index (χ4n) is 1.59. The summed E-state index contributed by atoms with van der Waals surface area (Å²) >= 11 is 3.10. The van der Waals surface area contributed by atoms with Crippen molar-refractivity contribution in [2.45, 2.75) is 0 Å². The maximum atomic E-state index is 13.6. The molecule has 0 radical (unpaired) electrons. The summed E-state index contributed by atoms with van der Waals surface area (Å²) in [6.45, 7) is 0. The smallest absolute Gasteiger partial charge is 0.339 e. The van der Waals surface area contributed by atoms with Crippen molar-refractivity contribution in [3.05, 3.63) is 45.9 Å². The Morgan fingerprint density at radius 3 is 2.75 bits per heavy atom. The second kappa shape index (κ2) is 5.41. The Balaban J connectivity index is 2.31. The van der Waals surface area contributed by atoms with Crippen LogP contribution in [0.5, 0.6) is 0 Å². The van der Waals surface area contributed by atoms with E-state index >= 15 is 0 Å². The van der Waals surface area contributed by atoms with E-state index in [4.69, 9.17) is 5.11 Å². The maximum absolute atomic E-state index is 13.6. The predicted molar refractivity (Wildman–Crippen MR) is 72.2 cm³/mol. The number of aryl methyl sites for hydroxylation is 1. The van der Waals surface area contributed by atoms with Crippen molar-refractivity contribution in [2.24, 2.45) is 7.05 Å². The van der Waals surface area contributed by atoms with Crippen LogP contribution >= 0.6 is 15.9 Å². The number of nitrogens with zero attached hydrogens (tertiary/aromatic N) is 2. The van der Waals surface area contributed by atoms with Gasteiger partial charge in [0.15, 0.2) is 5.69 Å². The number of hydrogen-bond acceptors (Lipinski definition) is 3. The predicted octanol–water partition coefficient (Wildman–Crippen LogP) is 2.27. The van der Waals surface area contributed by atoms with E-state index in [0.29, 0.717) is 4.47 Å². The molecule has 0 bridgehead atoms. The Hall–Kier alpha value is -2.22. The van der Waals surface area contributed by atoms with Gasteiger partial charge in [-0.15, -0.1) is 0 Å². The Kier molecular flexibility index (Phi) is 3.84. The minimum atomic E-state index is -1.28. The standard InChI is InChI=1S/C12H9BrFN3O3/c1-17-5-7(12(19)20)10(16-17)11(18)15-9-3-2-6(13)4-8(9)14/h2-5H,1H3,(H,15,18)(H,19,20). The van der Waals surface area contributed by atoms with Crippen molar-refractivity contribution in [1.29, 1.82) is 0 Å². The second-order valence-corrected chi connectivity index (χ2v) is 4.86. The number of halogens is 2. The zero-order chi connectivity index (χ0) is 14.9. The van der Waals surface area contributed by atoms with E-state index in [1.54, 1.807) is 6.07 Å². The SMILES string of the molecule is Cn1cc(C(=O)O)c(C(=O)Nc2ccc(Br)cc2F)n1. The first kappa shape index (κ1) is 14.2. The topological polar surface area (TPSA) is 84.2 Å². The molecule has 0 aliphatic carbocycles. The van der Waals surface area contributed by atoms with Gasteiger partial charge in [0.2, 0.25) is 0 Å². The van der Waals surface area contributed by atoms with Gasteiger partial charge in [-0.25, -0.2) is 9.18 Å². The number of amides is 1. The molecule has 0 aliphatic heterocycles. The van der Waals surface area contributed by atoms with Gasteiger partial charge in [0.25, 0.3) is 5.91 Å². The van der Waals surface area contributed by atoms with E-state index in [9.17, 15) is 14.0 Å². The fourth-order valence-corrected chi connectivity index (χ4v) is 1.92. The first-order valence-electron chi connectivity index (χ1n) is 5.42. The molecule has 1 heterocycles. The summed E-state index contributed by atoms with van der Waals surface area (Å²) < 4.78 is 15.3. The Morgan fingerprint density at radius 2 is 2.15 bits per heavy atom. The van der Waals surface area contributed by atoms with E-state index in [-0.39, 0.29) is 16.9 Å². The molecule has 1 aromatic carbocycles. The molecule has 1 aromatic heterocycles. The molecule has 0 saturated heterocycles. The molecular formula is C12H9BrFN3O3. The summed E-state index contributed by atoms with van der Waals surface area (Å²) in [5.41, 5.74) is -0.579. The van der Waals surface area contributed by atoms with Crippen LogP contribution in [0.4, 0.5) is 10.1 Å². The number of aromatic carboxylic acids is 1. The van der Waals surface area contributed by atoms with Gasteiger partial charge in [0.1, 0.15) is 11.4 Å². The molecule has 2 rings (SSSR count). The number of anilines is 1. The van der Waals surface area contributed by atoms with E-state index < -0.39 is 17.7 Å². The molecule has 0 unspecified atom stereocenters. The van der Waals surface area contributed by atoms with E-state index in [2.05, 4.69) is 26.3 Å². The Bertz CT molecular complexity index is 699. The van der Waals surface area contributed by atoms with Crippen LogP contribution in [-0.4, -0.2) is 26.8 Å². The lowest BCUT2D eigenvalue weighted by Crippen LogP contribution is -2.17. The zero-order valence-electron chi connectivity index (χ0n) is 10.2. The molecule has 0 spiro atoms. The number of carbonyl (C=O) groups excluding carboxylic acids is 1. The van der Waals surface area contributed by atoms with Gasteiger partial charge in [0.05, 0.1) is 5.69 Å². The van der Waals surface area contributed by atoms with Gasteiger partial charge in [-0.2, -0.15) is 5.10 Å². The van der Waals surface area contributed by atoms with E-state index in [1.165, 1.54) is 30.1 Å². The molecular weight excluding hydrogens is 333 g/mol. The van der Waals surface area contributed by atoms with E-state index in [1.807, 2.05) is 0 Å². The summed E-state index contributed by atoms with van der Waals surface area (Å²) in [5.74, 6) is -2.70. The number of aromatic nitrogens is 2. The Morgan fingerprint density at radius 1 is 1.45 bits per heavy atom. The van der Waals surface area contributed by atoms with Crippen LogP contribution in [0.3, 0.4) is 0 Å². The quantitative estimate of drug-likeness (QED) is 0.896. The summed E-state index contributed by atoms with van der Waals surface area (Å²) in [4.78, 5) is 23.0. The minimum absolute atomic E-state index is 0.0554. The molecule has 0 saturated carbocycles. The van der Waals surface area contributed by atoms with Crippen LogP contribution in [0.1, 0.15) is 20.8 Å². The lowest BCUT2D eigenvalue weighted by Gasteiger charge is -2.05. The highest BCUT2D eigenvalue weighted by Gasteiger charge is 2.21. The average molecular weight is 342 g/mol. The Labute approximate surface area is 121 Å². The van der Waals surface area contributed by atoms with Crippen molar-refractivity contribution in [1.82, 2.24) is 9.78 Å².